The van der Waals surface area contributed by atoms with Gasteiger partial charge in [-0.3, -0.25) is 4.79 Å². The van der Waals surface area contributed by atoms with E-state index in [1.165, 1.54) is 0 Å². The standard InChI is InChI=1S/C7H16N2OS/c1-3-11-5-7(10)9-6(2)4-8/h6H,3-5,8H2,1-2H3,(H,9,10). The highest BCUT2D eigenvalue weighted by atomic mass is 32.2. The minimum Gasteiger partial charge on any atom is -0.352 e. The first-order chi connectivity index (χ1) is 5.20. The molecule has 1 atom stereocenters. The molecule has 0 aromatic heterocycles. The van der Waals surface area contributed by atoms with Crippen LogP contribution in [0, 0.1) is 0 Å². The molecule has 0 bridgehead atoms. The lowest BCUT2D eigenvalue weighted by Gasteiger charge is -2.10. The fourth-order valence-corrected chi connectivity index (χ4v) is 1.04. The summed E-state index contributed by atoms with van der Waals surface area (Å²) in [5.74, 6) is 1.60. The van der Waals surface area contributed by atoms with Gasteiger partial charge >= 0.3 is 0 Å². The third kappa shape index (κ3) is 6.19. The number of carbonyl (C=O) groups is 1. The summed E-state index contributed by atoms with van der Waals surface area (Å²) in [5, 5.41) is 2.78. The van der Waals surface area contributed by atoms with Crippen LogP contribution < -0.4 is 11.1 Å². The molecule has 3 N–H and O–H groups in total. The van der Waals surface area contributed by atoms with Crippen molar-refractivity contribution < 1.29 is 4.79 Å². The van der Waals surface area contributed by atoms with Gasteiger partial charge in [0.25, 0.3) is 0 Å². The molecule has 0 spiro atoms. The lowest BCUT2D eigenvalue weighted by atomic mass is 10.3. The molecule has 0 saturated carbocycles. The first-order valence-electron chi connectivity index (χ1n) is 3.77. The Morgan fingerprint density at radius 2 is 2.36 bits per heavy atom. The average molecular weight is 176 g/mol. The number of hydrogen-bond donors (Lipinski definition) is 2. The third-order valence-corrected chi connectivity index (χ3v) is 2.07. The number of nitrogens with two attached hydrogens (primary N) is 1. The minimum absolute atomic E-state index is 0.0785. The summed E-state index contributed by atoms with van der Waals surface area (Å²) in [6.45, 7) is 4.43. The second-order valence-electron chi connectivity index (χ2n) is 2.34. The Morgan fingerprint density at radius 1 is 1.73 bits per heavy atom. The number of rotatable bonds is 5. The third-order valence-electron chi connectivity index (χ3n) is 1.20. The topological polar surface area (TPSA) is 55.1 Å². The van der Waals surface area contributed by atoms with Crippen molar-refractivity contribution >= 4 is 17.7 Å². The number of amides is 1. The quantitative estimate of drug-likeness (QED) is 0.629. The normalized spacial score (nSPS) is 12.6. The monoisotopic (exact) mass is 176 g/mol. The Kier molecular flexibility index (Phi) is 6.36. The molecule has 0 heterocycles. The van der Waals surface area contributed by atoms with E-state index < -0.39 is 0 Å². The molecule has 0 aromatic carbocycles. The van der Waals surface area contributed by atoms with Crippen LogP contribution in [0.1, 0.15) is 13.8 Å². The molecule has 0 aromatic rings. The summed E-state index contributed by atoms with van der Waals surface area (Å²) >= 11 is 1.62. The fourth-order valence-electron chi connectivity index (χ4n) is 0.570. The molecule has 0 saturated heterocycles. The molecule has 0 aliphatic carbocycles. The fraction of sp³-hybridized carbons (Fsp3) is 0.857. The minimum atomic E-state index is 0.0785. The van der Waals surface area contributed by atoms with Crippen LogP contribution in [0.3, 0.4) is 0 Å². The van der Waals surface area contributed by atoms with Crippen molar-refractivity contribution in [3.05, 3.63) is 0 Å². The Morgan fingerprint density at radius 3 is 2.82 bits per heavy atom. The van der Waals surface area contributed by atoms with Gasteiger partial charge in [0.2, 0.25) is 5.91 Å². The van der Waals surface area contributed by atoms with Crippen molar-refractivity contribution in [1.29, 1.82) is 0 Å². The smallest absolute Gasteiger partial charge is 0.230 e. The molecular formula is C7H16N2OS. The molecule has 1 amide bonds. The van der Waals surface area contributed by atoms with Gasteiger partial charge in [-0.1, -0.05) is 6.92 Å². The second kappa shape index (κ2) is 6.49. The van der Waals surface area contributed by atoms with E-state index in [-0.39, 0.29) is 11.9 Å². The molecule has 0 radical (unpaired) electrons. The number of hydrogen-bond acceptors (Lipinski definition) is 3. The molecule has 0 aliphatic rings. The van der Waals surface area contributed by atoms with E-state index in [0.29, 0.717) is 12.3 Å². The molecular weight excluding hydrogens is 160 g/mol. The van der Waals surface area contributed by atoms with E-state index in [4.69, 9.17) is 5.73 Å². The Bertz CT molecular complexity index is 119. The maximum atomic E-state index is 11.0. The first kappa shape index (κ1) is 10.8. The summed E-state index contributed by atoms with van der Waals surface area (Å²) < 4.78 is 0. The van der Waals surface area contributed by atoms with Crippen LogP contribution in [0.25, 0.3) is 0 Å². The molecule has 0 fully saturated rings. The lowest BCUT2D eigenvalue weighted by Crippen LogP contribution is -2.38. The van der Waals surface area contributed by atoms with Crippen LogP contribution in [0.2, 0.25) is 0 Å². The van der Waals surface area contributed by atoms with E-state index in [9.17, 15) is 4.79 Å². The largest absolute Gasteiger partial charge is 0.352 e. The van der Waals surface area contributed by atoms with E-state index in [0.717, 1.165) is 5.75 Å². The van der Waals surface area contributed by atoms with Gasteiger partial charge in [0, 0.05) is 12.6 Å². The maximum Gasteiger partial charge on any atom is 0.230 e. The Hall–Kier alpha value is -0.220. The van der Waals surface area contributed by atoms with Gasteiger partial charge in [-0.05, 0) is 12.7 Å². The van der Waals surface area contributed by atoms with E-state index in [1.54, 1.807) is 11.8 Å². The van der Waals surface area contributed by atoms with E-state index in [1.807, 2.05) is 13.8 Å². The number of nitrogens with one attached hydrogen (secondary N) is 1. The van der Waals surface area contributed by atoms with Crippen molar-refractivity contribution in [1.82, 2.24) is 5.32 Å². The molecule has 66 valence electrons. The van der Waals surface area contributed by atoms with Crippen LogP contribution in [-0.4, -0.2) is 30.0 Å². The van der Waals surface area contributed by atoms with Crippen molar-refractivity contribution in [2.24, 2.45) is 5.73 Å². The van der Waals surface area contributed by atoms with Gasteiger partial charge in [-0.25, -0.2) is 0 Å². The van der Waals surface area contributed by atoms with Crippen molar-refractivity contribution in [3.8, 4) is 0 Å². The Labute approximate surface area is 72.1 Å². The lowest BCUT2D eigenvalue weighted by molar-refractivity contribution is -0.119. The van der Waals surface area contributed by atoms with Crippen LogP contribution in [-0.2, 0) is 4.79 Å². The zero-order valence-electron chi connectivity index (χ0n) is 7.09. The highest BCUT2D eigenvalue weighted by Crippen LogP contribution is 1.96. The van der Waals surface area contributed by atoms with Crippen LogP contribution >= 0.6 is 11.8 Å². The van der Waals surface area contributed by atoms with Crippen LogP contribution in [0.15, 0.2) is 0 Å². The van der Waals surface area contributed by atoms with Crippen molar-refractivity contribution in [3.63, 3.8) is 0 Å². The van der Waals surface area contributed by atoms with Gasteiger partial charge in [-0.15, -0.1) is 0 Å². The summed E-state index contributed by atoms with van der Waals surface area (Å²) in [6, 6.07) is 0.0972. The maximum absolute atomic E-state index is 11.0. The van der Waals surface area contributed by atoms with Gasteiger partial charge in [0.05, 0.1) is 5.75 Å². The predicted octanol–water partition coefficient (Wildman–Crippen LogP) is 0.203. The molecule has 3 nitrogen and oxygen atoms in total. The first-order valence-corrected chi connectivity index (χ1v) is 4.93. The molecule has 4 heteroatoms. The molecule has 11 heavy (non-hydrogen) atoms. The van der Waals surface area contributed by atoms with Gasteiger partial charge in [0.15, 0.2) is 0 Å². The van der Waals surface area contributed by atoms with Gasteiger partial charge < -0.3 is 11.1 Å². The van der Waals surface area contributed by atoms with E-state index >= 15 is 0 Å². The summed E-state index contributed by atoms with van der Waals surface area (Å²) in [7, 11) is 0. The average Bonchev–Trinajstić information content (AvgIpc) is 2.00. The number of carbonyl (C=O) groups excluding carboxylic acids is 1. The van der Waals surface area contributed by atoms with Gasteiger partial charge in [-0.2, -0.15) is 11.8 Å². The summed E-state index contributed by atoms with van der Waals surface area (Å²) in [6.07, 6.45) is 0. The second-order valence-corrected chi connectivity index (χ2v) is 3.62. The molecule has 0 rings (SSSR count). The molecule has 0 aliphatic heterocycles. The van der Waals surface area contributed by atoms with Gasteiger partial charge in [0.1, 0.15) is 0 Å². The highest BCUT2D eigenvalue weighted by molar-refractivity contribution is 7.99. The predicted molar refractivity (Wildman–Crippen MR) is 49.7 cm³/mol. The molecule has 1 unspecified atom stereocenters. The van der Waals surface area contributed by atoms with Crippen LogP contribution in [0.4, 0.5) is 0 Å². The van der Waals surface area contributed by atoms with Crippen molar-refractivity contribution in [2.75, 3.05) is 18.1 Å². The summed E-state index contributed by atoms with van der Waals surface area (Å²) in [5.41, 5.74) is 5.33. The van der Waals surface area contributed by atoms with E-state index in [2.05, 4.69) is 5.32 Å². The zero-order chi connectivity index (χ0) is 8.69. The van der Waals surface area contributed by atoms with Crippen LogP contribution in [0.5, 0.6) is 0 Å². The highest BCUT2D eigenvalue weighted by Gasteiger charge is 2.03. The SMILES string of the molecule is CCSCC(=O)NC(C)CN. The number of thioether (sulfide) groups is 1. The summed E-state index contributed by atoms with van der Waals surface area (Å²) in [4.78, 5) is 11.0. The Balaban J connectivity index is 3.36. The zero-order valence-corrected chi connectivity index (χ0v) is 7.91. The van der Waals surface area contributed by atoms with Crippen molar-refractivity contribution in [2.45, 2.75) is 19.9 Å².